The average Bonchev–Trinajstić information content (AvgIpc) is 2.45. The van der Waals surface area contributed by atoms with E-state index in [0.717, 1.165) is 12.1 Å². The summed E-state index contributed by atoms with van der Waals surface area (Å²) < 4.78 is 17.4. The van der Waals surface area contributed by atoms with Crippen molar-refractivity contribution in [2.75, 3.05) is 7.11 Å². The first-order valence-corrected chi connectivity index (χ1v) is 6.28. The Hall–Kier alpha value is -2.15. The van der Waals surface area contributed by atoms with E-state index in [2.05, 4.69) is 10.1 Å². The van der Waals surface area contributed by atoms with E-state index >= 15 is 0 Å². The lowest BCUT2D eigenvalue weighted by molar-refractivity contribution is -0.142. The molecule has 8 heteroatoms. The maximum Gasteiger partial charge on any atom is 0.326 e. The van der Waals surface area contributed by atoms with Crippen molar-refractivity contribution in [3.63, 3.8) is 0 Å². The molecule has 0 aliphatic heterocycles. The van der Waals surface area contributed by atoms with Gasteiger partial charge in [-0.1, -0.05) is 11.6 Å². The first-order chi connectivity index (χ1) is 9.85. The maximum absolute atomic E-state index is 13.0. The van der Waals surface area contributed by atoms with Crippen molar-refractivity contribution < 1.29 is 28.6 Å². The van der Waals surface area contributed by atoms with Crippen molar-refractivity contribution in [3.8, 4) is 0 Å². The predicted molar refractivity (Wildman–Crippen MR) is 71.6 cm³/mol. The summed E-state index contributed by atoms with van der Waals surface area (Å²) in [6, 6.07) is 2.00. The van der Waals surface area contributed by atoms with Gasteiger partial charge >= 0.3 is 11.9 Å². The molecule has 1 aromatic rings. The van der Waals surface area contributed by atoms with E-state index in [0.29, 0.717) is 0 Å². The molecule has 0 aliphatic rings. The van der Waals surface area contributed by atoms with Gasteiger partial charge in [0.2, 0.25) is 0 Å². The number of carboxylic acids is 1. The van der Waals surface area contributed by atoms with Gasteiger partial charge in [-0.05, 0) is 24.6 Å². The van der Waals surface area contributed by atoms with Gasteiger partial charge in [0.25, 0.3) is 5.91 Å². The Bertz CT molecular complexity index is 563. The number of halogens is 2. The average molecular weight is 318 g/mol. The van der Waals surface area contributed by atoms with Crippen LogP contribution < -0.4 is 5.32 Å². The normalized spacial score (nSPS) is 11.6. The molecule has 0 bridgehead atoms. The molecule has 0 saturated heterocycles. The fourth-order valence-corrected chi connectivity index (χ4v) is 1.68. The molecule has 2 N–H and O–H groups in total. The van der Waals surface area contributed by atoms with Crippen molar-refractivity contribution in [3.05, 3.63) is 34.6 Å². The summed E-state index contributed by atoms with van der Waals surface area (Å²) in [5.41, 5.74) is 0.0192. The smallest absolute Gasteiger partial charge is 0.326 e. The van der Waals surface area contributed by atoms with Gasteiger partial charge in [0.1, 0.15) is 11.9 Å². The highest BCUT2D eigenvalue weighted by molar-refractivity contribution is 6.31. The van der Waals surface area contributed by atoms with Gasteiger partial charge in [0.15, 0.2) is 0 Å². The SMILES string of the molecule is COC(=O)CC[C@H](NC(=O)c1ccc(F)c(Cl)c1)C(=O)O. The Balaban J connectivity index is 2.74. The number of amides is 1. The molecule has 0 heterocycles. The molecule has 6 nitrogen and oxygen atoms in total. The van der Waals surface area contributed by atoms with Crippen LogP contribution in [0, 0.1) is 5.82 Å². The fourth-order valence-electron chi connectivity index (χ4n) is 1.50. The highest BCUT2D eigenvalue weighted by atomic mass is 35.5. The quantitative estimate of drug-likeness (QED) is 0.778. The van der Waals surface area contributed by atoms with Gasteiger partial charge in [-0.25, -0.2) is 9.18 Å². The highest BCUT2D eigenvalue weighted by Crippen LogP contribution is 2.16. The number of carbonyl (C=O) groups excluding carboxylic acids is 2. The monoisotopic (exact) mass is 317 g/mol. The summed E-state index contributed by atoms with van der Waals surface area (Å²) in [6.07, 6.45) is -0.277. The molecule has 1 rings (SSSR count). The van der Waals surface area contributed by atoms with E-state index in [4.69, 9.17) is 16.7 Å². The topological polar surface area (TPSA) is 92.7 Å². The fraction of sp³-hybridized carbons (Fsp3) is 0.308. The van der Waals surface area contributed by atoms with Crippen LogP contribution in [-0.4, -0.2) is 36.1 Å². The number of hydrogen-bond donors (Lipinski definition) is 2. The molecule has 0 radical (unpaired) electrons. The van der Waals surface area contributed by atoms with E-state index in [1.54, 1.807) is 0 Å². The number of rotatable bonds is 6. The summed E-state index contributed by atoms with van der Waals surface area (Å²) in [7, 11) is 1.18. The van der Waals surface area contributed by atoms with Gasteiger partial charge in [0.05, 0.1) is 12.1 Å². The van der Waals surface area contributed by atoms with Crippen molar-refractivity contribution >= 4 is 29.4 Å². The molecule has 1 amide bonds. The molecule has 1 atom stereocenters. The minimum absolute atomic E-state index is 0.0192. The van der Waals surface area contributed by atoms with Crippen molar-refractivity contribution in [2.24, 2.45) is 0 Å². The lowest BCUT2D eigenvalue weighted by Crippen LogP contribution is -2.41. The summed E-state index contributed by atoms with van der Waals surface area (Å²) in [4.78, 5) is 33.9. The molecule has 114 valence electrons. The number of aliphatic carboxylic acids is 1. The number of nitrogens with one attached hydrogen (secondary N) is 1. The van der Waals surface area contributed by atoms with Gasteiger partial charge in [-0.2, -0.15) is 0 Å². The Morgan fingerprint density at radius 2 is 2.10 bits per heavy atom. The molecule has 0 aliphatic carbocycles. The third kappa shape index (κ3) is 5.03. The number of methoxy groups -OCH3 is 1. The predicted octanol–water partition coefficient (Wildman–Crippen LogP) is 1.62. The third-order valence-electron chi connectivity index (χ3n) is 2.65. The van der Waals surface area contributed by atoms with E-state index in [1.165, 1.54) is 13.2 Å². The second kappa shape index (κ2) is 7.58. The molecule has 1 aromatic carbocycles. The minimum atomic E-state index is -1.29. The number of benzene rings is 1. The Kier molecular flexibility index (Phi) is 6.10. The highest BCUT2D eigenvalue weighted by Gasteiger charge is 2.22. The van der Waals surface area contributed by atoms with Crippen LogP contribution >= 0.6 is 11.6 Å². The summed E-state index contributed by atoms with van der Waals surface area (Å²) in [5, 5.41) is 11.0. The number of carbonyl (C=O) groups is 3. The molecular weight excluding hydrogens is 305 g/mol. The molecule has 0 unspecified atom stereocenters. The zero-order valence-corrected chi connectivity index (χ0v) is 11.8. The second-order valence-electron chi connectivity index (χ2n) is 4.11. The number of ether oxygens (including phenoxy) is 1. The van der Waals surface area contributed by atoms with Gasteiger partial charge < -0.3 is 15.2 Å². The zero-order valence-electron chi connectivity index (χ0n) is 11.1. The van der Waals surface area contributed by atoms with Crippen molar-refractivity contribution in [1.82, 2.24) is 5.32 Å². The standard InChI is InChI=1S/C13H13ClFNO5/c1-21-11(17)5-4-10(13(19)20)16-12(18)7-2-3-9(15)8(14)6-7/h2-3,6,10H,4-5H2,1H3,(H,16,18)(H,19,20)/t10-/m0/s1. The van der Waals surface area contributed by atoms with Crippen LogP contribution in [0.25, 0.3) is 0 Å². The second-order valence-corrected chi connectivity index (χ2v) is 4.52. The van der Waals surface area contributed by atoms with Crippen LogP contribution in [0.1, 0.15) is 23.2 Å². The van der Waals surface area contributed by atoms with Gasteiger partial charge in [-0.3, -0.25) is 9.59 Å². The molecule has 21 heavy (non-hydrogen) atoms. The molecule has 0 saturated carbocycles. The van der Waals surface area contributed by atoms with Gasteiger partial charge in [-0.15, -0.1) is 0 Å². The lowest BCUT2D eigenvalue weighted by atomic mass is 10.1. The maximum atomic E-state index is 13.0. The summed E-state index contributed by atoms with van der Waals surface area (Å²) in [5.74, 6) is -3.29. The van der Waals surface area contributed by atoms with Crippen LogP contribution in [0.3, 0.4) is 0 Å². The molecule has 0 fully saturated rings. The number of esters is 1. The largest absolute Gasteiger partial charge is 0.480 e. The van der Waals surface area contributed by atoms with E-state index in [-0.39, 0.29) is 23.4 Å². The Morgan fingerprint density at radius 1 is 1.43 bits per heavy atom. The van der Waals surface area contributed by atoms with Crippen LogP contribution in [0.4, 0.5) is 4.39 Å². The number of carboxylic acid groups (broad SMARTS) is 1. The van der Waals surface area contributed by atoms with E-state index in [1.807, 2.05) is 0 Å². The first kappa shape index (κ1) is 16.9. The van der Waals surface area contributed by atoms with Crippen molar-refractivity contribution in [1.29, 1.82) is 0 Å². The summed E-state index contributed by atoms with van der Waals surface area (Å²) in [6.45, 7) is 0. The third-order valence-corrected chi connectivity index (χ3v) is 2.94. The lowest BCUT2D eigenvalue weighted by Gasteiger charge is -2.14. The molecule has 0 aromatic heterocycles. The molecule has 0 spiro atoms. The zero-order chi connectivity index (χ0) is 16.0. The summed E-state index contributed by atoms with van der Waals surface area (Å²) >= 11 is 5.55. The van der Waals surface area contributed by atoms with Crippen LogP contribution in [-0.2, 0) is 14.3 Å². The van der Waals surface area contributed by atoms with Crippen LogP contribution in [0.2, 0.25) is 5.02 Å². The van der Waals surface area contributed by atoms with Gasteiger partial charge in [0, 0.05) is 12.0 Å². The minimum Gasteiger partial charge on any atom is -0.480 e. The van der Waals surface area contributed by atoms with Crippen LogP contribution in [0.15, 0.2) is 18.2 Å². The van der Waals surface area contributed by atoms with E-state index < -0.39 is 29.7 Å². The number of hydrogen-bond acceptors (Lipinski definition) is 4. The van der Waals surface area contributed by atoms with Crippen molar-refractivity contribution in [2.45, 2.75) is 18.9 Å². The van der Waals surface area contributed by atoms with E-state index in [9.17, 15) is 18.8 Å². The van der Waals surface area contributed by atoms with Crippen LogP contribution in [0.5, 0.6) is 0 Å². The molecular formula is C13H13ClFNO5. The first-order valence-electron chi connectivity index (χ1n) is 5.90. The Labute approximate surface area is 124 Å². The Morgan fingerprint density at radius 3 is 2.62 bits per heavy atom.